The summed E-state index contributed by atoms with van der Waals surface area (Å²) in [6.45, 7) is 3.27. The molecule has 1 aromatic rings. The number of aromatic nitrogens is 2. The van der Waals surface area contributed by atoms with Crippen molar-refractivity contribution < 1.29 is 4.79 Å². The van der Waals surface area contributed by atoms with Gasteiger partial charge < -0.3 is 4.90 Å². The zero-order valence-electron chi connectivity index (χ0n) is 11.9. The molecule has 0 N–H and O–H groups in total. The standard InChI is InChI=1S/C15H23N3O/c1-11-7-8-18(14-6-4-3-5-13(11)14)15(19)12-9-16-17(2)10-12/h9-11,13-14H,3-8H2,1-2H3. The van der Waals surface area contributed by atoms with Crippen LogP contribution in [0, 0.1) is 11.8 Å². The van der Waals surface area contributed by atoms with Gasteiger partial charge in [-0.3, -0.25) is 9.48 Å². The first-order valence-corrected chi connectivity index (χ1v) is 7.46. The van der Waals surface area contributed by atoms with Gasteiger partial charge in [-0.25, -0.2) is 0 Å². The molecule has 4 heteroatoms. The Bertz CT molecular complexity index is 468. The fourth-order valence-electron chi connectivity index (χ4n) is 3.86. The molecule has 0 bridgehead atoms. The lowest BCUT2D eigenvalue weighted by Gasteiger charge is -2.47. The van der Waals surface area contributed by atoms with Crippen LogP contribution in [0.3, 0.4) is 0 Å². The van der Waals surface area contributed by atoms with E-state index in [2.05, 4.69) is 16.9 Å². The van der Waals surface area contributed by atoms with Crippen molar-refractivity contribution in [3.05, 3.63) is 18.0 Å². The van der Waals surface area contributed by atoms with Crippen LogP contribution >= 0.6 is 0 Å². The molecule has 1 aliphatic heterocycles. The summed E-state index contributed by atoms with van der Waals surface area (Å²) >= 11 is 0. The third-order valence-corrected chi connectivity index (χ3v) is 4.95. The molecular formula is C15H23N3O. The molecule has 3 rings (SSSR count). The molecule has 2 aliphatic rings. The zero-order chi connectivity index (χ0) is 13.4. The van der Waals surface area contributed by atoms with E-state index in [0.29, 0.717) is 12.0 Å². The average molecular weight is 261 g/mol. The van der Waals surface area contributed by atoms with Gasteiger partial charge in [0.25, 0.3) is 5.91 Å². The van der Waals surface area contributed by atoms with Crippen LogP contribution in [-0.4, -0.2) is 33.2 Å². The lowest BCUT2D eigenvalue weighted by atomic mass is 9.72. The molecule has 19 heavy (non-hydrogen) atoms. The maximum atomic E-state index is 12.6. The van der Waals surface area contributed by atoms with Gasteiger partial charge in [0.05, 0.1) is 11.8 Å². The third-order valence-electron chi connectivity index (χ3n) is 4.95. The first-order chi connectivity index (χ1) is 9.16. The van der Waals surface area contributed by atoms with Crippen LogP contribution in [0.1, 0.15) is 49.4 Å². The summed E-state index contributed by atoms with van der Waals surface area (Å²) in [5.41, 5.74) is 0.737. The number of nitrogens with zero attached hydrogens (tertiary/aromatic N) is 3. The summed E-state index contributed by atoms with van der Waals surface area (Å²) in [5, 5.41) is 4.12. The van der Waals surface area contributed by atoms with Gasteiger partial charge in [0.2, 0.25) is 0 Å². The summed E-state index contributed by atoms with van der Waals surface area (Å²) in [5.74, 6) is 1.66. The minimum Gasteiger partial charge on any atom is -0.335 e. The van der Waals surface area contributed by atoms with Gasteiger partial charge >= 0.3 is 0 Å². The summed E-state index contributed by atoms with van der Waals surface area (Å²) < 4.78 is 1.71. The van der Waals surface area contributed by atoms with E-state index in [1.807, 2.05) is 13.2 Å². The minimum absolute atomic E-state index is 0.178. The van der Waals surface area contributed by atoms with Gasteiger partial charge in [0.15, 0.2) is 0 Å². The number of likely N-dealkylation sites (tertiary alicyclic amines) is 1. The normalized spacial score (nSPS) is 31.1. The van der Waals surface area contributed by atoms with Crippen molar-refractivity contribution in [2.45, 2.75) is 45.1 Å². The van der Waals surface area contributed by atoms with E-state index in [0.717, 1.165) is 24.4 Å². The molecule has 4 nitrogen and oxygen atoms in total. The number of hydrogen-bond donors (Lipinski definition) is 0. The van der Waals surface area contributed by atoms with Gasteiger partial charge in [-0.05, 0) is 31.1 Å². The number of carbonyl (C=O) groups excluding carboxylic acids is 1. The Balaban J connectivity index is 1.81. The lowest BCUT2D eigenvalue weighted by Crippen LogP contribution is -2.52. The molecule has 1 aliphatic carbocycles. The molecule has 1 saturated heterocycles. The summed E-state index contributed by atoms with van der Waals surface area (Å²) in [6.07, 6.45) is 9.75. The van der Waals surface area contributed by atoms with Gasteiger partial charge in [0, 0.05) is 25.8 Å². The van der Waals surface area contributed by atoms with Crippen molar-refractivity contribution in [2.75, 3.05) is 6.54 Å². The first-order valence-electron chi connectivity index (χ1n) is 7.46. The molecule has 0 spiro atoms. The summed E-state index contributed by atoms with van der Waals surface area (Å²) in [4.78, 5) is 14.8. The van der Waals surface area contributed by atoms with Gasteiger partial charge in [-0.15, -0.1) is 0 Å². The number of hydrogen-bond acceptors (Lipinski definition) is 2. The van der Waals surface area contributed by atoms with Crippen LogP contribution in [0.2, 0.25) is 0 Å². The number of piperidine rings is 1. The van der Waals surface area contributed by atoms with Crippen LogP contribution in [0.25, 0.3) is 0 Å². The van der Waals surface area contributed by atoms with E-state index >= 15 is 0 Å². The van der Waals surface area contributed by atoms with E-state index in [1.54, 1.807) is 10.9 Å². The number of rotatable bonds is 1. The fourth-order valence-corrected chi connectivity index (χ4v) is 3.86. The summed E-state index contributed by atoms with van der Waals surface area (Å²) in [7, 11) is 1.86. The highest BCUT2D eigenvalue weighted by Crippen LogP contribution is 2.39. The zero-order valence-corrected chi connectivity index (χ0v) is 11.9. The third kappa shape index (κ3) is 2.28. The number of carbonyl (C=O) groups is 1. The van der Waals surface area contributed by atoms with Crippen molar-refractivity contribution in [1.82, 2.24) is 14.7 Å². The number of aryl methyl sites for hydroxylation is 1. The second-order valence-corrected chi connectivity index (χ2v) is 6.18. The quantitative estimate of drug-likeness (QED) is 0.779. The maximum Gasteiger partial charge on any atom is 0.257 e. The predicted octanol–water partition coefficient (Wildman–Crippen LogP) is 2.46. The molecular weight excluding hydrogens is 238 g/mol. The van der Waals surface area contributed by atoms with E-state index in [4.69, 9.17) is 0 Å². The Kier molecular flexibility index (Phi) is 3.33. The predicted molar refractivity (Wildman–Crippen MR) is 73.8 cm³/mol. The molecule has 0 aromatic carbocycles. The fraction of sp³-hybridized carbons (Fsp3) is 0.733. The highest BCUT2D eigenvalue weighted by molar-refractivity contribution is 5.94. The highest BCUT2D eigenvalue weighted by atomic mass is 16.2. The van der Waals surface area contributed by atoms with Crippen LogP contribution < -0.4 is 0 Å². The van der Waals surface area contributed by atoms with Gasteiger partial charge in [-0.2, -0.15) is 5.10 Å². The molecule has 3 unspecified atom stereocenters. The van der Waals surface area contributed by atoms with Crippen molar-refractivity contribution >= 4 is 5.91 Å². The molecule has 0 radical (unpaired) electrons. The molecule has 3 atom stereocenters. The number of amides is 1. The van der Waals surface area contributed by atoms with E-state index < -0.39 is 0 Å². The average Bonchev–Trinajstić information content (AvgIpc) is 2.86. The van der Waals surface area contributed by atoms with Crippen LogP contribution in [0.15, 0.2) is 12.4 Å². The van der Waals surface area contributed by atoms with Crippen molar-refractivity contribution in [3.8, 4) is 0 Å². The number of fused-ring (bicyclic) bond motifs is 1. The Morgan fingerprint density at radius 2 is 2.11 bits per heavy atom. The smallest absolute Gasteiger partial charge is 0.257 e. The largest absolute Gasteiger partial charge is 0.335 e. The van der Waals surface area contributed by atoms with Crippen LogP contribution in [0.5, 0.6) is 0 Å². The molecule has 2 heterocycles. The minimum atomic E-state index is 0.178. The van der Waals surface area contributed by atoms with Crippen LogP contribution in [0.4, 0.5) is 0 Å². The van der Waals surface area contributed by atoms with Crippen molar-refractivity contribution in [3.63, 3.8) is 0 Å². The first kappa shape index (κ1) is 12.7. The van der Waals surface area contributed by atoms with Gasteiger partial charge in [0.1, 0.15) is 0 Å². The topological polar surface area (TPSA) is 38.1 Å². The molecule has 2 fully saturated rings. The van der Waals surface area contributed by atoms with Gasteiger partial charge in [-0.1, -0.05) is 19.8 Å². The molecule has 1 aromatic heterocycles. The van der Waals surface area contributed by atoms with Crippen LogP contribution in [-0.2, 0) is 7.05 Å². The maximum absolute atomic E-state index is 12.6. The Morgan fingerprint density at radius 3 is 2.84 bits per heavy atom. The lowest BCUT2D eigenvalue weighted by molar-refractivity contribution is 0.0217. The van der Waals surface area contributed by atoms with E-state index in [1.165, 1.54) is 25.7 Å². The molecule has 1 saturated carbocycles. The van der Waals surface area contributed by atoms with E-state index in [-0.39, 0.29) is 5.91 Å². The monoisotopic (exact) mass is 261 g/mol. The second-order valence-electron chi connectivity index (χ2n) is 6.18. The van der Waals surface area contributed by atoms with Crippen molar-refractivity contribution in [2.24, 2.45) is 18.9 Å². The van der Waals surface area contributed by atoms with E-state index in [9.17, 15) is 4.79 Å². The van der Waals surface area contributed by atoms with Crippen molar-refractivity contribution in [1.29, 1.82) is 0 Å². The SMILES string of the molecule is CC1CCN(C(=O)c2cnn(C)c2)C2CCCCC12. The Morgan fingerprint density at radius 1 is 1.32 bits per heavy atom. The summed E-state index contributed by atoms with van der Waals surface area (Å²) in [6, 6.07) is 0.463. The Labute approximate surface area is 114 Å². The molecule has 104 valence electrons. The highest BCUT2D eigenvalue weighted by Gasteiger charge is 2.39. The molecule has 1 amide bonds. The second kappa shape index (κ2) is 4.99. The Hall–Kier alpha value is -1.32.